The van der Waals surface area contributed by atoms with Crippen LogP contribution in [-0.4, -0.2) is 24.5 Å². The second kappa shape index (κ2) is 6.99. The Morgan fingerprint density at radius 1 is 1.26 bits per heavy atom. The Labute approximate surface area is 137 Å². The topological polar surface area (TPSA) is 46.6 Å². The molecule has 23 heavy (non-hydrogen) atoms. The van der Waals surface area contributed by atoms with Crippen LogP contribution in [-0.2, 0) is 14.3 Å². The summed E-state index contributed by atoms with van der Waals surface area (Å²) in [6, 6.07) is 9.73. The Morgan fingerprint density at radius 3 is 2.70 bits per heavy atom. The molecule has 1 amide bonds. The van der Waals surface area contributed by atoms with Crippen molar-refractivity contribution in [2.75, 3.05) is 11.4 Å². The van der Waals surface area contributed by atoms with Crippen LogP contribution in [0.1, 0.15) is 32.1 Å². The van der Waals surface area contributed by atoms with E-state index in [1.807, 2.05) is 41.3 Å². The van der Waals surface area contributed by atoms with Crippen LogP contribution in [0.15, 0.2) is 43.0 Å². The van der Waals surface area contributed by atoms with E-state index in [4.69, 9.17) is 4.74 Å². The summed E-state index contributed by atoms with van der Waals surface area (Å²) >= 11 is 0. The van der Waals surface area contributed by atoms with Crippen molar-refractivity contribution in [3.63, 3.8) is 0 Å². The van der Waals surface area contributed by atoms with Gasteiger partial charge in [0.25, 0.3) is 0 Å². The molecule has 122 valence electrons. The van der Waals surface area contributed by atoms with E-state index in [0.717, 1.165) is 24.9 Å². The molecule has 1 aliphatic carbocycles. The van der Waals surface area contributed by atoms with E-state index < -0.39 is 0 Å². The number of anilines is 1. The van der Waals surface area contributed by atoms with Crippen LogP contribution in [0.25, 0.3) is 0 Å². The maximum atomic E-state index is 13.0. The fourth-order valence-corrected chi connectivity index (χ4v) is 3.61. The van der Waals surface area contributed by atoms with Gasteiger partial charge < -0.3 is 9.64 Å². The van der Waals surface area contributed by atoms with Gasteiger partial charge in [0.1, 0.15) is 6.10 Å². The molecule has 4 nitrogen and oxygen atoms in total. The van der Waals surface area contributed by atoms with Gasteiger partial charge in [0.2, 0.25) is 5.91 Å². The third-order valence-electron chi connectivity index (χ3n) is 4.80. The Balaban J connectivity index is 1.73. The van der Waals surface area contributed by atoms with Crippen LogP contribution >= 0.6 is 0 Å². The molecule has 2 aliphatic rings. The zero-order valence-corrected chi connectivity index (χ0v) is 13.3. The van der Waals surface area contributed by atoms with Crippen molar-refractivity contribution < 1.29 is 14.3 Å². The number of carbonyl (C=O) groups excluding carboxylic acids is 2. The van der Waals surface area contributed by atoms with E-state index in [2.05, 4.69) is 6.58 Å². The van der Waals surface area contributed by atoms with E-state index in [1.54, 1.807) is 0 Å². The molecule has 2 bridgehead atoms. The first-order valence-corrected chi connectivity index (χ1v) is 8.38. The monoisotopic (exact) mass is 313 g/mol. The van der Waals surface area contributed by atoms with Crippen molar-refractivity contribution in [1.29, 1.82) is 0 Å². The van der Waals surface area contributed by atoms with E-state index in [9.17, 15) is 9.59 Å². The normalized spacial score (nSPS) is 25.2. The van der Waals surface area contributed by atoms with E-state index in [0.29, 0.717) is 19.4 Å². The molecule has 3 atom stereocenters. The van der Waals surface area contributed by atoms with Crippen LogP contribution in [0.2, 0.25) is 0 Å². The molecule has 1 saturated heterocycles. The molecule has 1 aromatic carbocycles. The van der Waals surface area contributed by atoms with Crippen molar-refractivity contribution >= 4 is 17.6 Å². The van der Waals surface area contributed by atoms with Crippen molar-refractivity contribution in [1.82, 2.24) is 0 Å². The van der Waals surface area contributed by atoms with Gasteiger partial charge >= 0.3 is 5.97 Å². The minimum atomic E-state index is -0.244. The second-order valence-corrected chi connectivity index (χ2v) is 6.35. The summed E-state index contributed by atoms with van der Waals surface area (Å²) in [5.74, 6) is -0.592. The number of rotatable bonds is 7. The maximum Gasteiger partial charge on any atom is 0.310 e. The first-order chi connectivity index (χ1) is 11.2. The number of amides is 1. The summed E-state index contributed by atoms with van der Waals surface area (Å²) in [4.78, 5) is 26.7. The minimum absolute atomic E-state index is 0.0557. The lowest BCUT2D eigenvalue weighted by Crippen LogP contribution is -2.41. The van der Waals surface area contributed by atoms with Crippen LogP contribution in [0.5, 0.6) is 0 Å². The number of para-hydroxylation sites is 1. The molecule has 1 aromatic rings. The summed E-state index contributed by atoms with van der Waals surface area (Å²) in [6.07, 6.45) is 6.12. The highest BCUT2D eigenvalue weighted by Crippen LogP contribution is 2.42. The van der Waals surface area contributed by atoms with Crippen LogP contribution in [0.4, 0.5) is 5.69 Å². The molecule has 1 saturated carbocycles. The first-order valence-electron chi connectivity index (χ1n) is 8.38. The first kappa shape index (κ1) is 15.8. The van der Waals surface area contributed by atoms with E-state index in [-0.39, 0.29) is 29.8 Å². The number of fused-ring (bicyclic) bond motifs is 2. The highest BCUT2D eigenvalue weighted by Gasteiger charge is 2.51. The van der Waals surface area contributed by atoms with Crippen molar-refractivity contribution in [2.24, 2.45) is 11.8 Å². The zero-order chi connectivity index (χ0) is 16.2. The Bertz CT molecular complexity index is 584. The summed E-state index contributed by atoms with van der Waals surface area (Å²) < 4.78 is 5.22. The number of unbranched alkanes of at least 4 members (excludes halogenated alkanes) is 2. The molecule has 4 heteroatoms. The number of hydrogen-bond acceptors (Lipinski definition) is 3. The highest BCUT2D eigenvalue weighted by atomic mass is 16.6. The smallest absolute Gasteiger partial charge is 0.310 e. The lowest BCUT2D eigenvalue weighted by atomic mass is 9.94. The molecule has 1 heterocycles. The van der Waals surface area contributed by atoms with Gasteiger partial charge in [-0.1, -0.05) is 24.3 Å². The molecule has 3 unspecified atom stereocenters. The average Bonchev–Trinajstić information content (AvgIpc) is 3.14. The van der Waals surface area contributed by atoms with Gasteiger partial charge in [-0.05, 0) is 44.2 Å². The van der Waals surface area contributed by atoms with Gasteiger partial charge in [-0.25, -0.2) is 0 Å². The van der Waals surface area contributed by atoms with Crippen LogP contribution < -0.4 is 4.90 Å². The summed E-state index contributed by atoms with van der Waals surface area (Å²) in [6.45, 7) is 4.42. The molecule has 0 spiro atoms. The quantitative estimate of drug-likeness (QED) is 0.441. The van der Waals surface area contributed by atoms with Crippen molar-refractivity contribution in [2.45, 2.75) is 38.2 Å². The number of esters is 1. The predicted octanol–water partition coefficient (Wildman–Crippen LogP) is 3.33. The Morgan fingerprint density at radius 2 is 2.04 bits per heavy atom. The molecule has 3 rings (SSSR count). The number of ether oxygens (including phenoxy) is 1. The van der Waals surface area contributed by atoms with Crippen molar-refractivity contribution in [3.8, 4) is 0 Å². The van der Waals surface area contributed by atoms with Crippen LogP contribution in [0.3, 0.4) is 0 Å². The van der Waals surface area contributed by atoms with Crippen LogP contribution in [0, 0.1) is 11.8 Å². The van der Waals surface area contributed by atoms with Crippen molar-refractivity contribution in [3.05, 3.63) is 43.0 Å². The summed E-state index contributed by atoms with van der Waals surface area (Å²) in [7, 11) is 0. The molecular formula is C19H23NO3. The lowest BCUT2D eigenvalue weighted by Gasteiger charge is -2.29. The van der Waals surface area contributed by atoms with E-state index >= 15 is 0 Å². The predicted molar refractivity (Wildman–Crippen MR) is 88.9 cm³/mol. The molecular weight excluding hydrogens is 290 g/mol. The average molecular weight is 313 g/mol. The number of hydrogen-bond donors (Lipinski definition) is 0. The maximum absolute atomic E-state index is 13.0. The summed E-state index contributed by atoms with van der Waals surface area (Å²) in [5, 5.41) is 0. The largest absolute Gasteiger partial charge is 0.462 e. The Kier molecular flexibility index (Phi) is 4.79. The Hall–Kier alpha value is -2.10. The van der Waals surface area contributed by atoms with E-state index in [1.165, 1.54) is 0 Å². The second-order valence-electron chi connectivity index (χ2n) is 6.35. The number of benzene rings is 1. The molecule has 2 fully saturated rings. The van der Waals surface area contributed by atoms with Gasteiger partial charge in [-0.3, -0.25) is 9.59 Å². The number of allylic oxidation sites excluding steroid dienone is 1. The molecule has 0 N–H and O–H groups in total. The number of carbonyl (C=O) groups is 2. The zero-order valence-electron chi connectivity index (χ0n) is 13.3. The SMILES string of the molecule is C=CCCCCN(C(=O)C1CC2CC1C(=O)O2)c1ccccc1. The number of nitrogens with zero attached hydrogens (tertiary/aromatic N) is 1. The summed E-state index contributed by atoms with van der Waals surface area (Å²) in [5.41, 5.74) is 0.909. The van der Waals surface area contributed by atoms with Gasteiger partial charge in [-0.15, -0.1) is 6.58 Å². The molecule has 1 aliphatic heterocycles. The lowest BCUT2D eigenvalue weighted by molar-refractivity contribution is -0.153. The third-order valence-corrected chi connectivity index (χ3v) is 4.80. The van der Waals surface area contributed by atoms with Gasteiger partial charge in [0.15, 0.2) is 0 Å². The molecule has 0 radical (unpaired) electrons. The van der Waals surface area contributed by atoms with Gasteiger partial charge in [-0.2, -0.15) is 0 Å². The van der Waals surface area contributed by atoms with Gasteiger partial charge in [0.05, 0.1) is 11.8 Å². The standard InChI is InChI=1S/C19H23NO3/c1-2-3-4-8-11-20(14-9-6-5-7-10-14)18(21)16-12-15-13-17(16)19(22)23-15/h2,5-7,9-10,15-17H,1,3-4,8,11-13H2. The third kappa shape index (κ3) is 3.31. The fraction of sp³-hybridized carbons (Fsp3) is 0.474. The fourth-order valence-electron chi connectivity index (χ4n) is 3.61. The highest BCUT2D eigenvalue weighted by molar-refractivity contribution is 5.98. The molecule has 0 aromatic heterocycles. The minimum Gasteiger partial charge on any atom is -0.462 e. The van der Waals surface area contributed by atoms with Gasteiger partial charge in [0, 0.05) is 12.2 Å².